The van der Waals surface area contributed by atoms with E-state index in [1.165, 1.54) is 12.6 Å². The van der Waals surface area contributed by atoms with Crippen molar-refractivity contribution in [1.29, 1.82) is 0 Å². The Morgan fingerprint density at radius 1 is 1.19 bits per heavy atom. The molecule has 0 saturated carbocycles. The fourth-order valence-electron chi connectivity index (χ4n) is 3.58. The highest BCUT2D eigenvalue weighted by Crippen LogP contribution is 2.24. The topological polar surface area (TPSA) is 66.0 Å². The monoisotopic (exact) mass is 382 g/mol. The molecule has 0 aromatic carbocycles. The van der Waals surface area contributed by atoms with Gasteiger partial charge < -0.3 is 14.5 Å². The van der Waals surface area contributed by atoms with Gasteiger partial charge in [0, 0.05) is 52.1 Å². The summed E-state index contributed by atoms with van der Waals surface area (Å²) in [4.78, 5) is 9.12. The zero-order valence-electron chi connectivity index (χ0n) is 15.8. The molecule has 1 unspecified atom stereocenters. The van der Waals surface area contributed by atoms with Crippen LogP contribution in [0.3, 0.4) is 0 Å². The van der Waals surface area contributed by atoms with Crippen LogP contribution in [-0.4, -0.2) is 82.1 Å². The van der Waals surface area contributed by atoms with Crippen LogP contribution in [0.4, 0.5) is 5.82 Å². The smallest absolute Gasteiger partial charge is 0.244 e. The normalized spacial score (nSPS) is 23.3. The van der Waals surface area contributed by atoms with Gasteiger partial charge in [0.1, 0.15) is 10.7 Å². The lowest BCUT2D eigenvalue weighted by Crippen LogP contribution is -2.47. The molecule has 2 saturated heterocycles. The van der Waals surface area contributed by atoms with Gasteiger partial charge in [-0.05, 0) is 44.9 Å². The van der Waals surface area contributed by atoms with Gasteiger partial charge in [-0.2, -0.15) is 4.31 Å². The van der Waals surface area contributed by atoms with E-state index < -0.39 is 10.0 Å². The number of piperazine rings is 1. The van der Waals surface area contributed by atoms with Crippen LogP contribution in [0, 0.1) is 5.92 Å². The van der Waals surface area contributed by atoms with Gasteiger partial charge in [-0.1, -0.05) is 0 Å². The standard InChI is InChI=1S/C18H30N4O3S/c1-3-25-15-16-5-4-8-21(14-16)18-7-6-17(13-19-18)26(23,24)22-11-9-20(2)10-12-22/h6-7,13,16H,3-5,8-12,14-15H2,1-2H3. The second-order valence-electron chi connectivity index (χ2n) is 7.17. The Hall–Kier alpha value is -1.22. The Labute approximate surface area is 157 Å². The molecule has 2 fully saturated rings. The summed E-state index contributed by atoms with van der Waals surface area (Å²) in [5.41, 5.74) is 0. The van der Waals surface area contributed by atoms with E-state index in [9.17, 15) is 8.42 Å². The molecule has 0 spiro atoms. The molecule has 26 heavy (non-hydrogen) atoms. The number of piperidine rings is 1. The number of rotatable bonds is 6. The van der Waals surface area contributed by atoms with E-state index in [1.54, 1.807) is 10.4 Å². The van der Waals surface area contributed by atoms with E-state index in [4.69, 9.17) is 4.74 Å². The summed E-state index contributed by atoms with van der Waals surface area (Å²) in [7, 11) is -1.44. The molecule has 0 amide bonds. The molecular formula is C18H30N4O3S. The van der Waals surface area contributed by atoms with Gasteiger partial charge >= 0.3 is 0 Å². The number of ether oxygens (including phenoxy) is 1. The summed E-state index contributed by atoms with van der Waals surface area (Å²) in [6, 6.07) is 3.54. The van der Waals surface area contributed by atoms with Crippen molar-refractivity contribution in [2.45, 2.75) is 24.7 Å². The summed E-state index contributed by atoms with van der Waals surface area (Å²) in [6.45, 7) is 8.01. The molecule has 3 rings (SSSR count). The predicted molar refractivity (Wildman–Crippen MR) is 102 cm³/mol. The molecule has 7 nitrogen and oxygen atoms in total. The van der Waals surface area contributed by atoms with Crippen LogP contribution in [0.2, 0.25) is 0 Å². The Bertz CT molecular complexity index is 672. The number of nitrogens with zero attached hydrogens (tertiary/aromatic N) is 4. The number of sulfonamides is 1. The van der Waals surface area contributed by atoms with E-state index >= 15 is 0 Å². The first-order valence-corrected chi connectivity index (χ1v) is 10.9. The second-order valence-corrected chi connectivity index (χ2v) is 9.11. The van der Waals surface area contributed by atoms with Crippen molar-refractivity contribution in [2.75, 3.05) is 64.4 Å². The van der Waals surface area contributed by atoms with Crippen LogP contribution in [0.5, 0.6) is 0 Å². The average molecular weight is 383 g/mol. The second kappa shape index (κ2) is 8.65. The van der Waals surface area contributed by atoms with Gasteiger partial charge in [0.15, 0.2) is 0 Å². The molecular weight excluding hydrogens is 352 g/mol. The summed E-state index contributed by atoms with van der Waals surface area (Å²) in [5.74, 6) is 1.36. The molecule has 8 heteroatoms. The van der Waals surface area contributed by atoms with E-state index in [0.29, 0.717) is 19.0 Å². The molecule has 1 aromatic heterocycles. The van der Waals surface area contributed by atoms with Crippen molar-refractivity contribution >= 4 is 15.8 Å². The predicted octanol–water partition coefficient (Wildman–Crippen LogP) is 1.27. The van der Waals surface area contributed by atoms with Gasteiger partial charge in [-0.3, -0.25) is 0 Å². The first-order valence-electron chi connectivity index (χ1n) is 9.48. The van der Waals surface area contributed by atoms with E-state index in [1.807, 2.05) is 20.0 Å². The first kappa shape index (κ1) is 19.5. The molecule has 0 N–H and O–H groups in total. The third-order valence-electron chi connectivity index (χ3n) is 5.22. The SMILES string of the molecule is CCOCC1CCCN(c2ccc(S(=O)(=O)N3CCN(C)CC3)cn2)C1. The minimum Gasteiger partial charge on any atom is -0.381 e. The van der Waals surface area contributed by atoms with Crippen molar-refractivity contribution in [3.05, 3.63) is 18.3 Å². The molecule has 2 aliphatic rings. The molecule has 3 heterocycles. The Morgan fingerprint density at radius 3 is 2.62 bits per heavy atom. The Morgan fingerprint density at radius 2 is 1.96 bits per heavy atom. The molecule has 0 radical (unpaired) electrons. The van der Waals surface area contributed by atoms with Crippen LogP contribution in [0.15, 0.2) is 23.2 Å². The molecule has 0 aliphatic carbocycles. The maximum atomic E-state index is 12.8. The number of pyridine rings is 1. The van der Waals surface area contributed by atoms with E-state index in [-0.39, 0.29) is 4.90 Å². The van der Waals surface area contributed by atoms with Gasteiger partial charge in [0.05, 0.1) is 6.61 Å². The molecule has 1 atom stereocenters. The highest BCUT2D eigenvalue weighted by Gasteiger charge is 2.28. The number of likely N-dealkylation sites (N-methyl/N-ethyl adjacent to an activating group) is 1. The lowest BCUT2D eigenvalue weighted by atomic mass is 9.99. The van der Waals surface area contributed by atoms with Gasteiger partial charge in [-0.25, -0.2) is 13.4 Å². The highest BCUT2D eigenvalue weighted by atomic mass is 32.2. The first-order chi connectivity index (χ1) is 12.5. The van der Waals surface area contributed by atoms with Crippen LogP contribution >= 0.6 is 0 Å². The van der Waals surface area contributed by atoms with Crippen LogP contribution in [0.1, 0.15) is 19.8 Å². The third kappa shape index (κ3) is 4.54. The fraction of sp³-hybridized carbons (Fsp3) is 0.722. The number of aromatic nitrogens is 1. The number of hydrogen-bond acceptors (Lipinski definition) is 6. The van der Waals surface area contributed by atoms with Gasteiger partial charge in [0.25, 0.3) is 0 Å². The van der Waals surface area contributed by atoms with Crippen molar-refractivity contribution in [1.82, 2.24) is 14.2 Å². The Kier molecular flexibility index (Phi) is 6.50. The van der Waals surface area contributed by atoms with Crippen LogP contribution in [-0.2, 0) is 14.8 Å². The lowest BCUT2D eigenvalue weighted by molar-refractivity contribution is 0.104. The maximum absolute atomic E-state index is 12.8. The van der Waals surface area contributed by atoms with Gasteiger partial charge in [0.2, 0.25) is 10.0 Å². The van der Waals surface area contributed by atoms with Crippen LogP contribution in [0.25, 0.3) is 0 Å². The molecule has 146 valence electrons. The zero-order chi connectivity index (χ0) is 18.6. The highest BCUT2D eigenvalue weighted by molar-refractivity contribution is 7.89. The summed E-state index contributed by atoms with van der Waals surface area (Å²) in [5, 5.41) is 0. The fourth-order valence-corrected chi connectivity index (χ4v) is 4.95. The molecule has 1 aromatic rings. The van der Waals surface area contributed by atoms with E-state index in [0.717, 1.165) is 51.6 Å². The summed E-state index contributed by atoms with van der Waals surface area (Å²) >= 11 is 0. The van der Waals surface area contributed by atoms with Crippen molar-refractivity contribution in [2.24, 2.45) is 5.92 Å². The van der Waals surface area contributed by atoms with Crippen molar-refractivity contribution in [3.8, 4) is 0 Å². The zero-order valence-corrected chi connectivity index (χ0v) is 16.6. The van der Waals surface area contributed by atoms with Gasteiger partial charge in [-0.15, -0.1) is 0 Å². The third-order valence-corrected chi connectivity index (χ3v) is 7.10. The molecule has 2 aliphatic heterocycles. The van der Waals surface area contributed by atoms with E-state index in [2.05, 4.69) is 14.8 Å². The number of hydrogen-bond donors (Lipinski definition) is 0. The van der Waals surface area contributed by atoms with Crippen molar-refractivity contribution in [3.63, 3.8) is 0 Å². The van der Waals surface area contributed by atoms with Crippen molar-refractivity contribution < 1.29 is 13.2 Å². The summed E-state index contributed by atoms with van der Waals surface area (Å²) < 4.78 is 32.7. The minimum atomic E-state index is -3.45. The lowest BCUT2D eigenvalue weighted by Gasteiger charge is -2.34. The summed E-state index contributed by atoms with van der Waals surface area (Å²) in [6.07, 6.45) is 3.79. The number of anilines is 1. The Balaban J connectivity index is 1.66. The molecule has 0 bridgehead atoms. The largest absolute Gasteiger partial charge is 0.381 e. The maximum Gasteiger partial charge on any atom is 0.244 e. The quantitative estimate of drug-likeness (QED) is 0.738. The van der Waals surface area contributed by atoms with Crippen LogP contribution < -0.4 is 4.90 Å². The minimum absolute atomic E-state index is 0.286. The average Bonchev–Trinajstić information content (AvgIpc) is 2.67.